The minimum Gasteiger partial charge on any atom is -0.350 e. The van der Waals surface area contributed by atoms with Gasteiger partial charge in [0.05, 0.1) is 22.7 Å². The van der Waals surface area contributed by atoms with Crippen LogP contribution in [-0.2, 0) is 21.4 Å². The predicted molar refractivity (Wildman–Crippen MR) is 124 cm³/mol. The summed E-state index contributed by atoms with van der Waals surface area (Å²) in [7, 11) is -3.87. The second-order valence-electron chi connectivity index (χ2n) is 6.92. The van der Waals surface area contributed by atoms with Gasteiger partial charge in [0.1, 0.15) is 0 Å². The molecule has 1 aromatic heterocycles. The zero-order chi connectivity index (χ0) is 21.8. The number of para-hydroxylation sites is 1. The van der Waals surface area contributed by atoms with Crippen molar-refractivity contribution in [2.45, 2.75) is 34.6 Å². The summed E-state index contributed by atoms with van der Waals surface area (Å²) in [5, 5.41) is 3.69. The van der Waals surface area contributed by atoms with Crippen LogP contribution in [0.1, 0.15) is 19.0 Å². The second-order valence-corrected chi connectivity index (χ2v) is 9.79. The highest BCUT2D eigenvalue weighted by Gasteiger charge is 2.27. The van der Waals surface area contributed by atoms with E-state index in [9.17, 15) is 13.2 Å². The molecule has 0 radical (unpaired) electrons. The molecule has 0 atom stereocenters. The molecule has 5 nitrogen and oxygen atoms in total. The maximum Gasteiger partial charge on any atom is 0.268 e. The van der Waals surface area contributed by atoms with Gasteiger partial charge in [-0.2, -0.15) is 0 Å². The van der Waals surface area contributed by atoms with Crippen LogP contribution in [0.4, 0.5) is 0 Å². The number of carbonyl (C=O) groups is 1. The monoisotopic (exact) mass is 450 g/mol. The highest BCUT2D eigenvalue weighted by atomic mass is 32.2. The number of amides is 1. The van der Waals surface area contributed by atoms with Crippen LogP contribution < -0.4 is 5.32 Å². The van der Waals surface area contributed by atoms with E-state index in [2.05, 4.69) is 5.32 Å². The average Bonchev–Trinajstić information content (AvgIpc) is 3.12. The molecule has 1 N–H and O–H groups in total. The number of rotatable bonds is 7. The molecule has 7 heteroatoms. The Morgan fingerprint density at radius 1 is 0.903 bits per heavy atom. The molecule has 0 unspecified atom stereocenters. The van der Waals surface area contributed by atoms with E-state index < -0.39 is 10.0 Å². The fraction of sp³-hybridized carbons (Fsp3) is 0.125. The number of nitrogens with one attached hydrogen (secondary N) is 1. The number of aromatic nitrogens is 1. The first kappa shape index (κ1) is 21.2. The molecule has 0 bridgehead atoms. The van der Waals surface area contributed by atoms with Crippen molar-refractivity contribution in [2.75, 3.05) is 0 Å². The lowest BCUT2D eigenvalue weighted by atomic mass is 10.2. The van der Waals surface area contributed by atoms with Gasteiger partial charge in [-0.3, -0.25) is 4.79 Å². The van der Waals surface area contributed by atoms with E-state index in [4.69, 9.17) is 0 Å². The molecular weight excluding hydrogens is 428 g/mol. The van der Waals surface area contributed by atoms with E-state index in [0.29, 0.717) is 17.6 Å². The average molecular weight is 451 g/mol. The Kier molecular flexibility index (Phi) is 6.15. The molecule has 0 spiro atoms. The molecule has 3 aromatic carbocycles. The fourth-order valence-electron chi connectivity index (χ4n) is 3.39. The lowest BCUT2D eigenvalue weighted by Crippen LogP contribution is -2.25. The van der Waals surface area contributed by atoms with E-state index >= 15 is 0 Å². The predicted octanol–water partition coefficient (Wildman–Crippen LogP) is 5.06. The van der Waals surface area contributed by atoms with Crippen LogP contribution in [0.25, 0.3) is 10.9 Å². The van der Waals surface area contributed by atoms with Gasteiger partial charge in [-0.05, 0) is 30.3 Å². The zero-order valence-electron chi connectivity index (χ0n) is 17.0. The molecule has 158 valence electrons. The molecule has 0 saturated heterocycles. The van der Waals surface area contributed by atoms with Crippen molar-refractivity contribution in [3.05, 3.63) is 90.6 Å². The third-order valence-electron chi connectivity index (χ3n) is 4.89. The second kappa shape index (κ2) is 8.99. The summed E-state index contributed by atoms with van der Waals surface area (Å²) in [6.07, 6.45) is 0.326. The van der Waals surface area contributed by atoms with Crippen LogP contribution in [0.5, 0.6) is 0 Å². The van der Waals surface area contributed by atoms with Crippen LogP contribution in [0.3, 0.4) is 0 Å². The SMILES string of the molecule is CCC(=O)NCc1c(Sc2ccccc2)c2ccccc2n1S(=O)(=O)c1ccccc1. The quantitative estimate of drug-likeness (QED) is 0.428. The van der Waals surface area contributed by atoms with E-state index in [1.165, 1.54) is 15.7 Å². The van der Waals surface area contributed by atoms with Gasteiger partial charge >= 0.3 is 0 Å². The van der Waals surface area contributed by atoms with Crippen molar-refractivity contribution in [1.29, 1.82) is 0 Å². The molecular formula is C24H22N2O3S2. The van der Waals surface area contributed by atoms with Crippen molar-refractivity contribution in [3.8, 4) is 0 Å². The Balaban J connectivity index is 1.97. The number of nitrogens with zero attached hydrogens (tertiary/aromatic N) is 1. The van der Waals surface area contributed by atoms with Crippen molar-refractivity contribution < 1.29 is 13.2 Å². The molecule has 4 rings (SSSR count). The highest BCUT2D eigenvalue weighted by molar-refractivity contribution is 7.99. The summed E-state index contributed by atoms with van der Waals surface area (Å²) in [6.45, 7) is 1.88. The van der Waals surface area contributed by atoms with Crippen molar-refractivity contribution >= 4 is 38.6 Å². The first-order valence-corrected chi connectivity index (χ1v) is 12.2. The highest BCUT2D eigenvalue weighted by Crippen LogP contribution is 2.40. The molecule has 0 aliphatic carbocycles. The van der Waals surface area contributed by atoms with Gasteiger partial charge < -0.3 is 5.32 Å². The summed E-state index contributed by atoms with van der Waals surface area (Å²) in [4.78, 5) is 14.0. The molecule has 0 aliphatic rings. The summed E-state index contributed by atoms with van der Waals surface area (Å²) >= 11 is 1.50. The Bertz CT molecular complexity index is 1320. The third kappa shape index (κ3) is 4.24. The lowest BCUT2D eigenvalue weighted by molar-refractivity contribution is -0.120. The standard InChI is InChI=1S/C24H22N2O3S2/c1-2-23(27)25-17-22-24(30-18-11-5-3-6-12-18)20-15-9-10-16-21(20)26(22)31(28,29)19-13-7-4-8-14-19/h3-16H,2,17H2,1H3,(H,25,27). The third-order valence-corrected chi connectivity index (χ3v) is 7.83. The first-order chi connectivity index (χ1) is 15.0. The molecule has 0 aliphatic heterocycles. The lowest BCUT2D eigenvalue weighted by Gasteiger charge is -2.14. The van der Waals surface area contributed by atoms with Gasteiger partial charge in [0, 0.05) is 21.6 Å². The van der Waals surface area contributed by atoms with Crippen LogP contribution >= 0.6 is 11.8 Å². The van der Waals surface area contributed by atoms with Gasteiger partial charge in [0.2, 0.25) is 5.91 Å². The normalized spacial score (nSPS) is 11.5. The Morgan fingerprint density at radius 2 is 1.52 bits per heavy atom. The largest absolute Gasteiger partial charge is 0.350 e. The number of fused-ring (bicyclic) bond motifs is 1. The smallest absolute Gasteiger partial charge is 0.268 e. The van der Waals surface area contributed by atoms with Crippen LogP contribution in [-0.4, -0.2) is 18.3 Å². The van der Waals surface area contributed by atoms with Gasteiger partial charge in [0.15, 0.2) is 0 Å². The maximum absolute atomic E-state index is 13.7. The van der Waals surface area contributed by atoms with Crippen LogP contribution in [0, 0.1) is 0 Å². The van der Waals surface area contributed by atoms with Crippen molar-refractivity contribution in [3.63, 3.8) is 0 Å². The summed E-state index contributed by atoms with van der Waals surface area (Å²) in [5.41, 5.74) is 1.13. The van der Waals surface area contributed by atoms with Crippen molar-refractivity contribution in [2.24, 2.45) is 0 Å². The minimum atomic E-state index is -3.87. The number of hydrogen-bond donors (Lipinski definition) is 1. The molecule has 0 saturated carbocycles. The van der Waals surface area contributed by atoms with E-state index in [1.54, 1.807) is 43.3 Å². The first-order valence-electron chi connectivity index (χ1n) is 9.95. The van der Waals surface area contributed by atoms with Gasteiger partial charge in [-0.1, -0.05) is 73.3 Å². The van der Waals surface area contributed by atoms with Crippen molar-refractivity contribution in [1.82, 2.24) is 9.29 Å². The summed E-state index contributed by atoms with van der Waals surface area (Å²) in [6, 6.07) is 25.6. The Morgan fingerprint density at radius 3 is 2.19 bits per heavy atom. The van der Waals surface area contributed by atoms with Gasteiger partial charge in [0.25, 0.3) is 10.0 Å². The van der Waals surface area contributed by atoms with Crippen LogP contribution in [0.15, 0.2) is 99.6 Å². The maximum atomic E-state index is 13.7. The van der Waals surface area contributed by atoms with E-state index in [0.717, 1.165) is 15.2 Å². The summed E-state index contributed by atoms with van der Waals surface area (Å²) in [5.74, 6) is -0.135. The molecule has 4 aromatic rings. The van der Waals surface area contributed by atoms with Gasteiger partial charge in [-0.15, -0.1) is 0 Å². The van der Waals surface area contributed by atoms with E-state index in [-0.39, 0.29) is 17.3 Å². The molecule has 1 amide bonds. The Labute approximate surface area is 186 Å². The van der Waals surface area contributed by atoms with E-state index in [1.807, 2.05) is 48.5 Å². The number of carbonyl (C=O) groups excluding carboxylic acids is 1. The number of hydrogen-bond acceptors (Lipinski definition) is 4. The fourth-order valence-corrected chi connectivity index (χ4v) is 6.11. The topological polar surface area (TPSA) is 68.2 Å². The molecule has 31 heavy (non-hydrogen) atoms. The zero-order valence-corrected chi connectivity index (χ0v) is 18.6. The van der Waals surface area contributed by atoms with Crippen LogP contribution in [0.2, 0.25) is 0 Å². The molecule has 0 fully saturated rings. The molecule has 1 heterocycles. The summed E-state index contributed by atoms with van der Waals surface area (Å²) < 4.78 is 28.8. The van der Waals surface area contributed by atoms with Gasteiger partial charge in [-0.25, -0.2) is 12.4 Å². The minimum absolute atomic E-state index is 0.114. The Hall–Kier alpha value is -3.03. The number of benzene rings is 3.